The molecule has 0 fully saturated rings. The highest BCUT2D eigenvalue weighted by Crippen LogP contribution is 2.53. The maximum atomic E-state index is 13.3. The first-order chi connectivity index (χ1) is 19.7. The van der Waals surface area contributed by atoms with Gasteiger partial charge in [-0.25, -0.2) is 0 Å². The van der Waals surface area contributed by atoms with Gasteiger partial charge < -0.3 is 20.8 Å². The van der Waals surface area contributed by atoms with Crippen LogP contribution in [0.25, 0.3) is 5.57 Å². The number of fused-ring (bicyclic) bond motifs is 3. The van der Waals surface area contributed by atoms with Crippen LogP contribution in [0.5, 0.6) is 5.75 Å². The molecule has 7 nitrogen and oxygen atoms in total. The van der Waals surface area contributed by atoms with Gasteiger partial charge in [-0.3, -0.25) is 14.4 Å². The van der Waals surface area contributed by atoms with E-state index in [4.69, 9.17) is 11.6 Å². The van der Waals surface area contributed by atoms with E-state index < -0.39 is 12.0 Å². The molecule has 2 aliphatic carbocycles. The third-order valence-electron chi connectivity index (χ3n) is 7.77. The molecule has 0 heterocycles. The monoisotopic (exact) mass is 570 g/mol. The topological polar surface area (TPSA) is 116 Å². The molecule has 0 aromatic heterocycles. The smallest absolute Gasteiger partial charge is 0.303 e. The molecule has 210 valence electrons. The van der Waals surface area contributed by atoms with E-state index in [-0.39, 0.29) is 48.2 Å². The van der Waals surface area contributed by atoms with Crippen molar-refractivity contribution in [1.29, 1.82) is 0 Å². The molecule has 5 rings (SSSR count). The molecule has 41 heavy (non-hydrogen) atoms. The number of amides is 2. The zero-order valence-corrected chi connectivity index (χ0v) is 23.3. The zero-order chi connectivity index (χ0) is 29.1. The fraction of sp³-hybridized carbons (Fsp3) is 0.242. The maximum Gasteiger partial charge on any atom is 0.303 e. The van der Waals surface area contributed by atoms with E-state index in [0.717, 1.165) is 27.8 Å². The van der Waals surface area contributed by atoms with Crippen LogP contribution in [0.15, 0.2) is 85.0 Å². The van der Waals surface area contributed by atoms with Crippen molar-refractivity contribution < 1.29 is 24.6 Å². The number of carboxylic acids is 1. The number of nitrogens with one attached hydrogen (secondary N) is 2. The van der Waals surface area contributed by atoms with Crippen molar-refractivity contribution in [3.63, 3.8) is 0 Å². The molecular weight excluding hydrogens is 540 g/mol. The number of aliphatic carboxylic acids is 1. The molecule has 0 saturated carbocycles. The van der Waals surface area contributed by atoms with Gasteiger partial charge in [-0.1, -0.05) is 66.2 Å². The number of hydrogen-bond donors (Lipinski definition) is 4. The molecule has 2 amide bonds. The van der Waals surface area contributed by atoms with E-state index >= 15 is 0 Å². The molecule has 0 saturated heterocycles. The minimum atomic E-state index is -0.853. The highest BCUT2D eigenvalue weighted by molar-refractivity contribution is 6.32. The summed E-state index contributed by atoms with van der Waals surface area (Å²) in [5.41, 5.74) is 5.42. The van der Waals surface area contributed by atoms with Crippen LogP contribution < -0.4 is 10.6 Å². The van der Waals surface area contributed by atoms with Gasteiger partial charge in [0, 0.05) is 36.4 Å². The predicted octanol–water partition coefficient (Wildman–Crippen LogP) is 6.05. The van der Waals surface area contributed by atoms with Crippen LogP contribution >= 0.6 is 11.6 Å². The van der Waals surface area contributed by atoms with Crippen LogP contribution in [0, 0.1) is 5.92 Å². The van der Waals surface area contributed by atoms with Gasteiger partial charge in [0.05, 0.1) is 0 Å². The maximum absolute atomic E-state index is 13.3. The lowest BCUT2D eigenvalue weighted by atomic mass is 9.79. The lowest BCUT2D eigenvalue weighted by molar-refractivity contribution is -0.137. The Bertz CT molecular complexity index is 1550. The third-order valence-corrected chi connectivity index (χ3v) is 8.10. The Kier molecular flexibility index (Phi) is 8.26. The van der Waals surface area contributed by atoms with E-state index in [2.05, 4.69) is 28.9 Å². The van der Waals surface area contributed by atoms with E-state index in [9.17, 15) is 24.6 Å². The molecule has 3 aromatic carbocycles. The van der Waals surface area contributed by atoms with Crippen molar-refractivity contribution in [2.45, 2.75) is 44.1 Å². The van der Waals surface area contributed by atoms with E-state index in [1.54, 1.807) is 12.1 Å². The number of halogens is 1. The van der Waals surface area contributed by atoms with Gasteiger partial charge in [0.1, 0.15) is 11.8 Å². The Morgan fingerprint density at radius 3 is 2.46 bits per heavy atom. The van der Waals surface area contributed by atoms with Crippen molar-refractivity contribution in [3.05, 3.63) is 112 Å². The van der Waals surface area contributed by atoms with Gasteiger partial charge >= 0.3 is 5.97 Å². The number of benzene rings is 3. The number of phenolic OH excluding ortho intramolecular Hbond substituents is 1. The van der Waals surface area contributed by atoms with Crippen molar-refractivity contribution in [1.82, 2.24) is 5.32 Å². The normalized spacial score (nSPS) is 19.5. The second-order valence-corrected chi connectivity index (χ2v) is 11.0. The van der Waals surface area contributed by atoms with Crippen molar-refractivity contribution in [2.75, 3.05) is 5.32 Å². The number of carboxylic acid groups (broad SMARTS) is 1. The summed E-state index contributed by atoms with van der Waals surface area (Å²) in [5, 5.41) is 25.4. The van der Waals surface area contributed by atoms with Crippen LogP contribution in [-0.2, 0) is 20.8 Å². The molecule has 3 aromatic rings. The number of phenols is 1. The summed E-state index contributed by atoms with van der Waals surface area (Å²) in [7, 11) is 0. The van der Waals surface area contributed by atoms with Crippen molar-refractivity contribution in [2.24, 2.45) is 5.92 Å². The van der Waals surface area contributed by atoms with Gasteiger partial charge in [-0.05, 0) is 76.4 Å². The number of hydrogen-bond acceptors (Lipinski definition) is 4. The molecule has 0 spiro atoms. The average molecular weight is 571 g/mol. The molecule has 4 unspecified atom stereocenters. The molecular formula is C33H31ClN2O5. The number of rotatable bonds is 9. The van der Waals surface area contributed by atoms with Crippen LogP contribution in [0.3, 0.4) is 0 Å². The third kappa shape index (κ3) is 6.36. The first-order valence-corrected chi connectivity index (χ1v) is 13.9. The Labute approximate surface area is 243 Å². The highest BCUT2D eigenvalue weighted by atomic mass is 35.5. The molecule has 0 aliphatic heterocycles. The summed E-state index contributed by atoms with van der Waals surface area (Å²) < 4.78 is 0. The predicted molar refractivity (Wildman–Crippen MR) is 159 cm³/mol. The van der Waals surface area contributed by atoms with Gasteiger partial charge in [-0.15, -0.1) is 0 Å². The average Bonchev–Trinajstić information content (AvgIpc) is 3.24. The quantitative estimate of drug-likeness (QED) is 0.250. The highest BCUT2D eigenvalue weighted by Gasteiger charge is 2.40. The SMILES string of the molecule is CC(=O)NC(Cc1ccc(O)cc1)C(=O)Nc1ccc2c(c1)C(CCC(=O)O)C1C=C(c3ccccc3Cl)C=CC21. The minimum absolute atomic E-state index is 0.0279. The van der Waals surface area contributed by atoms with Crippen LogP contribution in [0.1, 0.15) is 53.9 Å². The number of aromatic hydroxyl groups is 1. The summed E-state index contributed by atoms with van der Waals surface area (Å²) in [6.07, 6.45) is 7.16. The van der Waals surface area contributed by atoms with Crippen molar-refractivity contribution in [3.8, 4) is 5.75 Å². The zero-order valence-electron chi connectivity index (χ0n) is 22.5. The number of carbonyl (C=O) groups excluding carboxylic acids is 2. The lowest BCUT2D eigenvalue weighted by Crippen LogP contribution is -2.44. The summed E-state index contributed by atoms with van der Waals surface area (Å²) in [5.74, 6) is -1.36. The van der Waals surface area contributed by atoms with Crippen LogP contribution in [-0.4, -0.2) is 34.0 Å². The van der Waals surface area contributed by atoms with Gasteiger partial charge in [-0.2, -0.15) is 0 Å². The Balaban J connectivity index is 1.42. The van der Waals surface area contributed by atoms with Gasteiger partial charge in [0.15, 0.2) is 0 Å². The van der Waals surface area contributed by atoms with Crippen molar-refractivity contribution >= 4 is 40.6 Å². The molecule has 2 aliphatic rings. The second-order valence-electron chi connectivity index (χ2n) is 10.6. The summed E-state index contributed by atoms with van der Waals surface area (Å²) >= 11 is 6.48. The Morgan fingerprint density at radius 1 is 1.00 bits per heavy atom. The first-order valence-electron chi connectivity index (χ1n) is 13.6. The summed E-state index contributed by atoms with van der Waals surface area (Å²) in [6.45, 7) is 1.36. The molecule has 4 atom stereocenters. The summed E-state index contributed by atoms with van der Waals surface area (Å²) in [6, 6.07) is 19.1. The van der Waals surface area contributed by atoms with Gasteiger partial charge in [0.25, 0.3) is 0 Å². The van der Waals surface area contributed by atoms with E-state index in [0.29, 0.717) is 17.1 Å². The summed E-state index contributed by atoms with van der Waals surface area (Å²) in [4.78, 5) is 36.7. The standard InChI is InChI=1S/C33H31ClN2O5/c1-19(37)35-31(16-20-6-10-23(38)11-7-20)33(41)36-22-9-13-26-25-12-8-21(24-4-2-3-5-30(24)34)17-28(25)27(29(26)18-22)14-15-32(39)40/h2-13,17-18,25,27-28,31,38H,14-16H2,1H3,(H,35,37)(H,36,41)(H,39,40). The number of carbonyl (C=O) groups is 3. The first kappa shape index (κ1) is 28.2. The Hall–Kier alpha value is -4.36. The van der Waals surface area contributed by atoms with E-state index in [1.165, 1.54) is 19.1 Å². The molecule has 8 heteroatoms. The van der Waals surface area contributed by atoms with E-state index in [1.807, 2.05) is 42.5 Å². The number of allylic oxidation sites excluding steroid dienone is 4. The molecule has 4 N–H and O–H groups in total. The lowest BCUT2D eigenvalue weighted by Gasteiger charge is -2.25. The Morgan fingerprint density at radius 2 is 1.76 bits per heavy atom. The van der Waals surface area contributed by atoms with Gasteiger partial charge in [0.2, 0.25) is 11.8 Å². The van der Waals surface area contributed by atoms with Crippen LogP contribution in [0.2, 0.25) is 5.02 Å². The van der Waals surface area contributed by atoms with Crippen LogP contribution in [0.4, 0.5) is 5.69 Å². The fourth-order valence-electron chi connectivity index (χ4n) is 5.92. The fourth-order valence-corrected chi connectivity index (χ4v) is 6.16. The molecule has 0 bridgehead atoms. The second kappa shape index (κ2) is 12.0. The minimum Gasteiger partial charge on any atom is -0.508 e. The largest absolute Gasteiger partial charge is 0.508 e. The number of anilines is 1. The molecule has 0 radical (unpaired) electrons.